The second-order valence-electron chi connectivity index (χ2n) is 11.7. The van der Waals surface area contributed by atoms with E-state index in [-0.39, 0.29) is 27.9 Å². The van der Waals surface area contributed by atoms with Crippen molar-refractivity contribution in [3.8, 4) is 24.0 Å². The highest BCUT2D eigenvalue weighted by Gasteiger charge is 2.49. The third-order valence-corrected chi connectivity index (χ3v) is 9.39. The van der Waals surface area contributed by atoms with Crippen molar-refractivity contribution in [2.24, 2.45) is 5.41 Å². The van der Waals surface area contributed by atoms with E-state index in [0.717, 1.165) is 49.7 Å². The maximum atomic E-state index is 13.1. The molecule has 0 aliphatic heterocycles. The molecule has 5 heteroatoms. The number of rotatable bonds is 11. The number of aryl methyl sites for hydroxylation is 1. The molecule has 0 unspecified atom stereocenters. The topological polar surface area (TPSA) is 97.7 Å². The van der Waals surface area contributed by atoms with Crippen molar-refractivity contribution >= 4 is 5.97 Å². The van der Waals surface area contributed by atoms with Crippen molar-refractivity contribution in [2.75, 3.05) is 0 Å². The van der Waals surface area contributed by atoms with Crippen LogP contribution in [0, 0.1) is 39.4 Å². The van der Waals surface area contributed by atoms with E-state index in [2.05, 4.69) is 32.1 Å². The van der Waals surface area contributed by atoms with Crippen LogP contribution in [0.2, 0.25) is 0 Å². The smallest absolute Gasteiger partial charge is 0.343 e. The first-order valence-electron chi connectivity index (χ1n) is 14.7. The molecule has 39 heavy (non-hydrogen) atoms. The van der Waals surface area contributed by atoms with Crippen molar-refractivity contribution < 1.29 is 9.53 Å². The Bertz CT molecular complexity index is 1310. The van der Waals surface area contributed by atoms with Crippen molar-refractivity contribution in [3.63, 3.8) is 0 Å². The standard InChI is InChI=1S/C34H39N3O2/c1-3-5-7-9-25-11-13-31(29(24-37)28(25)23-36)39-32(38)26-10-12-30(27(21-26)22-35)34-18-15-33(16-19-34,17-20-34)14-8-6-4-2/h10-13,21H,3-9,14-20H2,1-2H3. The molecule has 0 N–H and O–H groups in total. The van der Waals surface area contributed by atoms with Crippen LogP contribution in [-0.2, 0) is 11.8 Å². The summed E-state index contributed by atoms with van der Waals surface area (Å²) in [6, 6.07) is 15.3. The van der Waals surface area contributed by atoms with Crippen LogP contribution in [0.4, 0.5) is 0 Å². The van der Waals surface area contributed by atoms with Crippen molar-refractivity contribution in [3.05, 3.63) is 63.7 Å². The molecule has 0 spiro atoms. The number of unbranched alkanes of at least 4 members (excludes halogenated alkanes) is 4. The first-order chi connectivity index (χ1) is 18.9. The van der Waals surface area contributed by atoms with Gasteiger partial charge in [-0.2, -0.15) is 15.8 Å². The van der Waals surface area contributed by atoms with Crippen LogP contribution < -0.4 is 4.74 Å². The SMILES string of the molecule is CCCCCc1ccc(OC(=O)c2ccc(C34CCC(CCCCC)(CC3)CC4)c(C#N)c2)c(C#N)c1C#N. The molecule has 2 bridgehead atoms. The second kappa shape index (κ2) is 12.5. The highest BCUT2D eigenvalue weighted by atomic mass is 16.5. The molecule has 3 saturated carbocycles. The fraction of sp³-hybridized carbons (Fsp3) is 0.529. The van der Waals surface area contributed by atoms with Crippen LogP contribution in [0.3, 0.4) is 0 Å². The van der Waals surface area contributed by atoms with Crippen molar-refractivity contribution in [1.29, 1.82) is 15.8 Å². The number of hydrogen-bond acceptors (Lipinski definition) is 5. The fourth-order valence-corrected chi connectivity index (χ4v) is 6.90. The van der Waals surface area contributed by atoms with Gasteiger partial charge in [-0.3, -0.25) is 0 Å². The van der Waals surface area contributed by atoms with Gasteiger partial charge in [-0.15, -0.1) is 0 Å². The number of carbonyl (C=O) groups is 1. The van der Waals surface area contributed by atoms with Crippen LogP contribution in [0.15, 0.2) is 30.3 Å². The quantitative estimate of drug-likeness (QED) is 0.168. The zero-order valence-corrected chi connectivity index (χ0v) is 23.4. The Labute approximate surface area is 233 Å². The van der Waals surface area contributed by atoms with Crippen LogP contribution in [-0.4, -0.2) is 5.97 Å². The lowest BCUT2D eigenvalue weighted by Crippen LogP contribution is -2.44. The third kappa shape index (κ3) is 5.87. The molecular formula is C34H39N3O2. The molecule has 5 nitrogen and oxygen atoms in total. The molecule has 2 aromatic carbocycles. The summed E-state index contributed by atoms with van der Waals surface area (Å²) in [5.74, 6) is -0.546. The number of carbonyl (C=O) groups excluding carboxylic acids is 1. The van der Waals surface area contributed by atoms with Crippen LogP contribution in [0.5, 0.6) is 5.75 Å². The summed E-state index contributed by atoms with van der Waals surface area (Å²) in [7, 11) is 0. The summed E-state index contributed by atoms with van der Waals surface area (Å²) in [5, 5.41) is 29.6. The third-order valence-electron chi connectivity index (χ3n) is 9.39. The van der Waals surface area contributed by atoms with E-state index >= 15 is 0 Å². The van der Waals surface area contributed by atoms with E-state index in [4.69, 9.17) is 4.74 Å². The van der Waals surface area contributed by atoms with Gasteiger partial charge in [-0.05, 0) is 97.9 Å². The predicted molar refractivity (Wildman–Crippen MR) is 151 cm³/mol. The largest absolute Gasteiger partial charge is 0.421 e. The highest BCUT2D eigenvalue weighted by molar-refractivity contribution is 5.92. The van der Waals surface area contributed by atoms with Crippen LogP contribution in [0.25, 0.3) is 0 Å². The maximum absolute atomic E-state index is 13.1. The summed E-state index contributed by atoms with van der Waals surface area (Å²) in [5.41, 5.74) is 3.53. The molecule has 2 aromatic rings. The normalized spacial score (nSPS) is 21.5. The van der Waals surface area contributed by atoms with Gasteiger partial charge < -0.3 is 4.74 Å². The average Bonchev–Trinajstić information content (AvgIpc) is 2.98. The number of fused-ring (bicyclic) bond motifs is 3. The van der Waals surface area contributed by atoms with Gasteiger partial charge in [0.25, 0.3) is 0 Å². The molecule has 3 aliphatic rings. The maximum Gasteiger partial charge on any atom is 0.343 e. The Kier molecular flexibility index (Phi) is 9.09. The number of nitriles is 3. The number of esters is 1. The van der Waals surface area contributed by atoms with E-state index in [0.29, 0.717) is 17.4 Å². The minimum atomic E-state index is -0.628. The summed E-state index contributed by atoms with van der Waals surface area (Å²) in [4.78, 5) is 13.1. The van der Waals surface area contributed by atoms with E-state index in [1.165, 1.54) is 44.9 Å². The molecule has 0 saturated heterocycles. The summed E-state index contributed by atoms with van der Waals surface area (Å²) < 4.78 is 5.63. The minimum Gasteiger partial charge on any atom is -0.421 e. The Morgan fingerprint density at radius 2 is 1.49 bits per heavy atom. The zero-order valence-electron chi connectivity index (χ0n) is 23.4. The summed E-state index contributed by atoms with van der Waals surface area (Å²) >= 11 is 0. The van der Waals surface area contributed by atoms with Gasteiger partial charge in [0.15, 0.2) is 0 Å². The molecule has 5 rings (SSSR count). The number of ether oxygens (including phenoxy) is 1. The highest BCUT2D eigenvalue weighted by Crippen LogP contribution is 2.60. The molecule has 3 fully saturated rings. The molecule has 0 heterocycles. The lowest BCUT2D eigenvalue weighted by molar-refractivity contribution is 0.0304. The predicted octanol–water partition coefficient (Wildman–Crippen LogP) is 8.43. The summed E-state index contributed by atoms with van der Waals surface area (Å²) in [6.07, 6.45) is 15.9. The van der Waals surface area contributed by atoms with E-state index < -0.39 is 5.97 Å². The first kappa shape index (κ1) is 28.4. The molecular weight excluding hydrogens is 482 g/mol. The summed E-state index contributed by atoms with van der Waals surface area (Å²) in [6.45, 7) is 4.37. The molecule has 0 radical (unpaired) electrons. The van der Waals surface area contributed by atoms with Gasteiger partial charge in [0.1, 0.15) is 23.5 Å². The van der Waals surface area contributed by atoms with Gasteiger partial charge in [0.2, 0.25) is 0 Å². The molecule has 0 amide bonds. The Hall–Kier alpha value is -3.62. The molecule has 3 aliphatic carbocycles. The molecule has 0 aromatic heterocycles. The zero-order chi connectivity index (χ0) is 27.9. The number of hydrogen-bond donors (Lipinski definition) is 0. The first-order valence-corrected chi connectivity index (χ1v) is 14.7. The lowest BCUT2D eigenvalue weighted by Gasteiger charge is -2.54. The average molecular weight is 522 g/mol. The minimum absolute atomic E-state index is 0.0171. The number of nitrogens with zero attached hydrogens (tertiary/aromatic N) is 3. The van der Waals surface area contributed by atoms with Gasteiger partial charge in [-0.25, -0.2) is 4.79 Å². The Morgan fingerprint density at radius 3 is 2.10 bits per heavy atom. The van der Waals surface area contributed by atoms with Crippen molar-refractivity contribution in [2.45, 2.75) is 109 Å². The van der Waals surface area contributed by atoms with Gasteiger partial charge in [-0.1, -0.05) is 58.1 Å². The van der Waals surface area contributed by atoms with E-state index in [1.807, 2.05) is 6.07 Å². The molecule has 0 atom stereocenters. The van der Waals surface area contributed by atoms with E-state index in [1.54, 1.807) is 24.3 Å². The van der Waals surface area contributed by atoms with Crippen LogP contribution >= 0.6 is 0 Å². The fourth-order valence-electron chi connectivity index (χ4n) is 6.90. The Balaban J connectivity index is 1.52. The van der Waals surface area contributed by atoms with Crippen molar-refractivity contribution in [1.82, 2.24) is 0 Å². The van der Waals surface area contributed by atoms with Gasteiger partial charge >= 0.3 is 5.97 Å². The van der Waals surface area contributed by atoms with E-state index in [9.17, 15) is 20.6 Å². The van der Waals surface area contributed by atoms with Gasteiger partial charge in [0, 0.05) is 0 Å². The van der Waals surface area contributed by atoms with Crippen LogP contribution in [0.1, 0.15) is 135 Å². The number of benzene rings is 2. The lowest BCUT2D eigenvalue weighted by atomic mass is 9.50. The second-order valence-corrected chi connectivity index (χ2v) is 11.7. The molecule has 202 valence electrons. The van der Waals surface area contributed by atoms with Gasteiger partial charge in [0.05, 0.1) is 22.8 Å². The monoisotopic (exact) mass is 521 g/mol. The Morgan fingerprint density at radius 1 is 0.821 bits per heavy atom.